The molecule has 2 rings (SSSR count). The molecule has 0 aromatic carbocycles. The van der Waals surface area contributed by atoms with E-state index in [2.05, 4.69) is 15.9 Å². The van der Waals surface area contributed by atoms with Crippen molar-refractivity contribution in [1.82, 2.24) is 4.57 Å². The van der Waals surface area contributed by atoms with Crippen molar-refractivity contribution in [2.45, 2.75) is 26.8 Å². The maximum atomic E-state index is 12.2. The molecule has 18 heavy (non-hydrogen) atoms. The zero-order valence-electron chi connectivity index (χ0n) is 9.99. The first-order valence-electron chi connectivity index (χ1n) is 5.52. The molecule has 0 aliphatic heterocycles. The Hall–Kier alpha value is -1.14. The first-order chi connectivity index (χ1) is 8.47. The van der Waals surface area contributed by atoms with Crippen LogP contribution in [-0.2, 0) is 6.54 Å². The minimum Gasteiger partial charge on any atom is -0.477 e. The van der Waals surface area contributed by atoms with Gasteiger partial charge in [-0.1, -0.05) is 6.92 Å². The van der Waals surface area contributed by atoms with Crippen LogP contribution in [0.4, 0.5) is 0 Å². The number of halogens is 1. The highest BCUT2D eigenvalue weighted by Crippen LogP contribution is 2.33. The molecule has 0 unspecified atom stereocenters. The fourth-order valence-electron chi connectivity index (χ4n) is 1.91. The van der Waals surface area contributed by atoms with E-state index < -0.39 is 11.4 Å². The molecular weight excluding hydrogens is 318 g/mol. The molecule has 0 aliphatic carbocycles. The fraction of sp³-hybridized carbons (Fsp3) is 0.333. The van der Waals surface area contributed by atoms with E-state index in [1.54, 1.807) is 0 Å². The lowest BCUT2D eigenvalue weighted by atomic mass is 10.1. The standard InChI is InChI=1S/C12H12BrNO3S/c1-3-4-14-5-7(12(16)17)9(15)8-6(2)10(13)18-11(8)14/h5H,3-4H2,1-2H3,(H,16,17). The van der Waals surface area contributed by atoms with Crippen LogP contribution in [0.15, 0.2) is 14.8 Å². The number of aromatic nitrogens is 1. The van der Waals surface area contributed by atoms with Gasteiger partial charge < -0.3 is 9.67 Å². The Balaban J connectivity index is 2.92. The molecule has 96 valence electrons. The second-order valence-electron chi connectivity index (χ2n) is 4.05. The summed E-state index contributed by atoms with van der Waals surface area (Å²) in [4.78, 5) is 24.1. The van der Waals surface area contributed by atoms with Gasteiger partial charge in [-0.2, -0.15) is 0 Å². The molecule has 0 saturated carbocycles. The van der Waals surface area contributed by atoms with E-state index in [-0.39, 0.29) is 5.56 Å². The summed E-state index contributed by atoms with van der Waals surface area (Å²) < 4.78 is 2.73. The minimum absolute atomic E-state index is 0.163. The van der Waals surface area contributed by atoms with E-state index in [0.717, 1.165) is 20.6 Å². The number of hydrogen-bond donors (Lipinski definition) is 1. The summed E-state index contributed by atoms with van der Waals surface area (Å²) in [5.74, 6) is -1.17. The monoisotopic (exact) mass is 329 g/mol. The summed E-state index contributed by atoms with van der Waals surface area (Å²) in [6.07, 6.45) is 2.32. The van der Waals surface area contributed by atoms with Crippen molar-refractivity contribution in [3.05, 3.63) is 31.3 Å². The summed E-state index contributed by atoms with van der Waals surface area (Å²) in [5, 5.41) is 9.61. The number of aryl methyl sites for hydroxylation is 2. The van der Waals surface area contributed by atoms with Gasteiger partial charge in [0.2, 0.25) is 5.43 Å². The molecule has 0 spiro atoms. The average molecular weight is 330 g/mol. The van der Waals surface area contributed by atoms with E-state index in [4.69, 9.17) is 5.11 Å². The first kappa shape index (κ1) is 13.3. The van der Waals surface area contributed by atoms with Gasteiger partial charge in [0.15, 0.2) is 0 Å². The average Bonchev–Trinajstić information content (AvgIpc) is 2.60. The zero-order chi connectivity index (χ0) is 13.4. The largest absolute Gasteiger partial charge is 0.477 e. The maximum absolute atomic E-state index is 12.2. The van der Waals surface area contributed by atoms with Gasteiger partial charge in [0, 0.05) is 12.7 Å². The van der Waals surface area contributed by atoms with Crippen LogP contribution in [0.5, 0.6) is 0 Å². The summed E-state index contributed by atoms with van der Waals surface area (Å²) in [7, 11) is 0. The van der Waals surface area contributed by atoms with Crippen LogP contribution >= 0.6 is 27.3 Å². The van der Waals surface area contributed by atoms with E-state index in [1.165, 1.54) is 17.5 Å². The Kier molecular flexibility index (Phi) is 3.59. The Labute approximate surface area is 116 Å². The van der Waals surface area contributed by atoms with Crippen LogP contribution in [0, 0.1) is 6.92 Å². The third kappa shape index (κ3) is 1.99. The normalized spacial score (nSPS) is 11.1. The predicted octanol–water partition coefficient (Wildman–Crippen LogP) is 3.24. The highest BCUT2D eigenvalue weighted by molar-refractivity contribution is 9.11. The maximum Gasteiger partial charge on any atom is 0.341 e. The van der Waals surface area contributed by atoms with Gasteiger partial charge in [0.05, 0.1) is 9.17 Å². The summed E-state index contributed by atoms with van der Waals surface area (Å²) >= 11 is 4.88. The SMILES string of the molecule is CCCn1cc(C(=O)O)c(=O)c2c(C)c(Br)sc21. The van der Waals surface area contributed by atoms with E-state index >= 15 is 0 Å². The summed E-state index contributed by atoms with van der Waals surface area (Å²) in [6, 6.07) is 0. The molecule has 0 aliphatic rings. The molecule has 1 N–H and O–H groups in total. The van der Waals surface area contributed by atoms with Gasteiger partial charge in [-0.3, -0.25) is 4.79 Å². The van der Waals surface area contributed by atoms with E-state index in [9.17, 15) is 9.59 Å². The molecule has 2 aromatic heterocycles. The van der Waals surface area contributed by atoms with Crippen molar-refractivity contribution < 1.29 is 9.90 Å². The number of carboxylic acid groups (broad SMARTS) is 1. The molecule has 2 aromatic rings. The molecule has 0 saturated heterocycles. The zero-order valence-corrected chi connectivity index (χ0v) is 12.4. The first-order valence-corrected chi connectivity index (χ1v) is 7.13. The molecule has 0 fully saturated rings. The molecule has 0 atom stereocenters. The number of aromatic carboxylic acids is 1. The van der Waals surface area contributed by atoms with Crippen molar-refractivity contribution in [2.24, 2.45) is 0 Å². The van der Waals surface area contributed by atoms with Gasteiger partial charge in [0.1, 0.15) is 10.4 Å². The van der Waals surface area contributed by atoms with Crippen LogP contribution in [0.3, 0.4) is 0 Å². The third-order valence-corrected chi connectivity index (χ3v) is 4.98. The van der Waals surface area contributed by atoms with Crippen LogP contribution in [0.1, 0.15) is 29.3 Å². The van der Waals surface area contributed by atoms with Crippen molar-refractivity contribution >= 4 is 43.5 Å². The summed E-state index contributed by atoms with van der Waals surface area (Å²) in [6.45, 7) is 4.54. The van der Waals surface area contributed by atoms with Crippen LogP contribution in [0.25, 0.3) is 10.2 Å². The van der Waals surface area contributed by atoms with Crippen LogP contribution in [-0.4, -0.2) is 15.6 Å². The lowest BCUT2D eigenvalue weighted by Gasteiger charge is -2.08. The van der Waals surface area contributed by atoms with E-state index in [0.29, 0.717) is 11.9 Å². The number of hydrogen-bond acceptors (Lipinski definition) is 3. The second kappa shape index (κ2) is 4.85. The Morgan fingerprint density at radius 1 is 1.56 bits per heavy atom. The Morgan fingerprint density at radius 2 is 2.22 bits per heavy atom. The smallest absolute Gasteiger partial charge is 0.341 e. The lowest BCUT2D eigenvalue weighted by molar-refractivity contribution is 0.0695. The van der Waals surface area contributed by atoms with Crippen LogP contribution in [0.2, 0.25) is 0 Å². The van der Waals surface area contributed by atoms with Gasteiger partial charge in [0.25, 0.3) is 0 Å². The van der Waals surface area contributed by atoms with E-state index in [1.807, 2.05) is 18.4 Å². The lowest BCUT2D eigenvalue weighted by Crippen LogP contribution is -2.18. The molecule has 0 radical (unpaired) electrons. The molecule has 6 heteroatoms. The van der Waals surface area contributed by atoms with Gasteiger partial charge in [-0.05, 0) is 34.8 Å². The predicted molar refractivity (Wildman–Crippen MR) is 75.8 cm³/mol. The van der Waals surface area contributed by atoms with Gasteiger partial charge in [-0.25, -0.2) is 4.79 Å². The summed E-state index contributed by atoms with van der Waals surface area (Å²) in [5.41, 5.74) is 0.251. The number of fused-ring (bicyclic) bond motifs is 1. The van der Waals surface area contributed by atoms with Gasteiger partial charge >= 0.3 is 5.97 Å². The van der Waals surface area contributed by atoms with Crippen molar-refractivity contribution in [1.29, 1.82) is 0 Å². The van der Waals surface area contributed by atoms with Crippen LogP contribution < -0.4 is 5.43 Å². The number of carbonyl (C=O) groups is 1. The molecule has 2 heterocycles. The van der Waals surface area contributed by atoms with Crippen molar-refractivity contribution in [2.75, 3.05) is 0 Å². The van der Waals surface area contributed by atoms with Gasteiger partial charge in [-0.15, -0.1) is 11.3 Å². The molecule has 0 amide bonds. The molecular formula is C12H12BrNO3S. The number of nitrogens with zero attached hydrogens (tertiary/aromatic N) is 1. The van der Waals surface area contributed by atoms with Crippen molar-refractivity contribution in [3.8, 4) is 0 Å². The number of pyridine rings is 1. The highest BCUT2D eigenvalue weighted by Gasteiger charge is 2.19. The topological polar surface area (TPSA) is 59.3 Å². The highest BCUT2D eigenvalue weighted by atomic mass is 79.9. The molecule has 4 nitrogen and oxygen atoms in total. The number of thiophene rings is 1. The molecule has 0 bridgehead atoms. The third-order valence-electron chi connectivity index (χ3n) is 2.78. The quantitative estimate of drug-likeness (QED) is 0.940. The number of rotatable bonds is 3. The fourth-order valence-corrected chi connectivity index (χ4v) is 3.60. The second-order valence-corrected chi connectivity index (χ2v) is 6.37. The van der Waals surface area contributed by atoms with Crippen molar-refractivity contribution in [3.63, 3.8) is 0 Å². The Morgan fingerprint density at radius 3 is 2.78 bits per heavy atom. The minimum atomic E-state index is -1.17. The Bertz CT molecular complexity index is 687. The number of carboxylic acids is 1.